The Labute approximate surface area is 107 Å². The van der Waals surface area contributed by atoms with Crippen molar-refractivity contribution in [1.29, 1.82) is 0 Å². The van der Waals surface area contributed by atoms with Gasteiger partial charge in [-0.05, 0) is 12.0 Å². The lowest BCUT2D eigenvalue weighted by Crippen LogP contribution is -2.28. The van der Waals surface area contributed by atoms with Crippen LogP contribution in [-0.2, 0) is 11.2 Å². The molecule has 0 fully saturated rings. The highest BCUT2D eigenvalue weighted by atomic mass is 16.6. The fourth-order valence-corrected chi connectivity index (χ4v) is 2.19. The van der Waals surface area contributed by atoms with Crippen LogP contribution in [0.2, 0.25) is 0 Å². The number of nitrogens with zero attached hydrogens (tertiary/aromatic N) is 3. The van der Waals surface area contributed by atoms with E-state index in [1.807, 2.05) is 0 Å². The maximum Gasteiger partial charge on any atom is 0.300 e. The summed E-state index contributed by atoms with van der Waals surface area (Å²) in [6.45, 7) is 1.99. The third kappa shape index (κ3) is 2.12. The summed E-state index contributed by atoms with van der Waals surface area (Å²) in [6, 6.07) is 2.20. The van der Waals surface area contributed by atoms with Gasteiger partial charge in [0, 0.05) is 19.0 Å². The van der Waals surface area contributed by atoms with Crippen LogP contribution in [0.25, 0.3) is 0 Å². The van der Waals surface area contributed by atoms with Gasteiger partial charge in [0.25, 0.3) is 11.4 Å². The number of benzene rings is 1. The van der Waals surface area contributed by atoms with E-state index < -0.39 is 9.85 Å². The topological polar surface area (TPSA) is 107 Å². The zero-order chi connectivity index (χ0) is 14.2. The first-order valence-electron chi connectivity index (χ1n) is 5.71. The fourth-order valence-electron chi connectivity index (χ4n) is 2.19. The number of amides is 1. The molecule has 0 unspecified atom stereocenters. The summed E-state index contributed by atoms with van der Waals surface area (Å²) in [5.41, 5.74) is -0.0371. The summed E-state index contributed by atoms with van der Waals surface area (Å²) in [5.74, 6) is -0.226. The van der Waals surface area contributed by atoms with Crippen molar-refractivity contribution in [2.75, 3.05) is 11.4 Å². The molecule has 0 aromatic heterocycles. The molecule has 0 atom stereocenters. The molecule has 0 aliphatic carbocycles. The summed E-state index contributed by atoms with van der Waals surface area (Å²) in [7, 11) is 0. The minimum Gasteiger partial charge on any atom is -0.306 e. The maximum atomic E-state index is 11.7. The normalized spacial score (nSPS) is 13.2. The standard InChI is InChI=1S/C11H11N3O5/c1-2-10(15)12-4-3-7-5-8(13(16)17)6-9(11(7)12)14(18)19/h5-6H,2-4H2,1H3. The lowest BCUT2D eigenvalue weighted by Gasteiger charge is -2.15. The highest BCUT2D eigenvalue weighted by Gasteiger charge is 2.34. The molecule has 0 radical (unpaired) electrons. The van der Waals surface area contributed by atoms with E-state index in [2.05, 4.69) is 0 Å². The smallest absolute Gasteiger partial charge is 0.300 e. The zero-order valence-corrected chi connectivity index (χ0v) is 10.2. The summed E-state index contributed by atoms with van der Waals surface area (Å²) in [6.07, 6.45) is 0.622. The van der Waals surface area contributed by atoms with Gasteiger partial charge in [0.05, 0.1) is 15.9 Å². The van der Waals surface area contributed by atoms with E-state index in [4.69, 9.17) is 0 Å². The Balaban J connectivity index is 2.61. The van der Waals surface area contributed by atoms with Crippen LogP contribution in [0, 0.1) is 20.2 Å². The summed E-state index contributed by atoms with van der Waals surface area (Å²) >= 11 is 0. The summed E-state index contributed by atoms with van der Waals surface area (Å²) in [5, 5.41) is 21.8. The number of nitro groups is 2. The number of nitro benzene ring substituents is 2. The lowest BCUT2D eigenvalue weighted by atomic mass is 10.1. The van der Waals surface area contributed by atoms with Gasteiger partial charge in [0.2, 0.25) is 5.91 Å². The number of carbonyl (C=O) groups is 1. The van der Waals surface area contributed by atoms with E-state index in [9.17, 15) is 25.0 Å². The molecule has 1 heterocycles. The Morgan fingerprint density at radius 3 is 2.53 bits per heavy atom. The number of rotatable bonds is 3. The minimum atomic E-state index is -0.687. The van der Waals surface area contributed by atoms with E-state index in [1.165, 1.54) is 11.0 Å². The molecule has 2 rings (SSSR count). The Hall–Kier alpha value is -2.51. The first-order valence-corrected chi connectivity index (χ1v) is 5.71. The van der Waals surface area contributed by atoms with Crippen LogP contribution in [-0.4, -0.2) is 22.3 Å². The van der Waals surface area contributed by atoms with E-state index in [0.29, 0.717) is 18.5 Å². The van der Waals surface area contributed by atoms with E-state index in [0.717, 1.165) is 6.07 Å². The molecular formula is C11H11N3O5. The third-order valence-corrected chi connectivity index (χ3v) is 3.04. The van der Waals surface area contributed by atoms with Crippen LogP contribution < -0.4 is 4.90 Å². The van der Waals surface area contributed by atoms with Crippen LogP contribution in [0.1, 0.15) is 18.9 Å². The van der Waals surface area contributed by atoms with E-state index in [1.54, 1.807) is 6.92 Å². The highest BCUT2D eigenvalue weighted by molar-refractivity contribution is 5.98. The highest BCUT2D eigenvalue weighted by Crippen LogP contribution is 2.40. The Bertz CT molecular complexity index is 584. The van der Waals surface area contributed by atoms with Gasteiger partial charge in [0.1, 0.15) is 5.69 Å². The molecule has 8 heteroatoms. The zero-order valence-electron chi connectivity index (χ0n) is 10.2. The lowest BCUT2D eigenvalue weighted by molar-refractivity contribution is -0.393. The predicted octanol–water partition coefficient (Wildman–Crippen LogP) is 1.80. The van der Waals surface area contributed by atoms with Crippen molar-refractivity contribution in [2.45, 2.75) is 19.8 Å². The second-order valence-electron chi connectivity index (χ2n) is 4.14. The van der Waals surface area contributed by atoms with Crippen LogP contribution in [0.4, 0.5) is 17.1 Å². The molecule has 100 valence electrons. The number of carbonyl (C=O) groups excluding carboxylic acids is 1. The quantitative estimate of drug-likeness (QED) is 0.611. The van der Waals surface area contributed by atoms with Gasteiger partial charge in [-0.1, -0.05) is 6.92 Å². The first kappa shape index (κ1) is 12.9. The average molecular weight is 265 g/mol. The van der Waals surface area contributed by atoms with Gasteiger partial charge < -0.3 is 4.90 Å². The van der Waals surface area contributed by atoms with Gasteiger partial charge in [-0.2, -0.15) is 0 Å². The number of non-ortho nitro benzene ring substituents is 1. The number of hydrogen-bond donors (Lipinski definition) is 0. The average Bonchev–Trinajstić information content (AvgIpc) is 2.80. The first-order chi connectivity index (χ1) is 8.95. The third-order valence-electron chi connectivity index (χ3n) is 3.04. The van der Waals surface area contributed by atoms with Crippen molar-refractivity contribution in [3.05, 3.63) is 37.9 Å². The largest absolute Gasteiger partial charge is 0.306 e. The van der Waals surface area contributed by atoms with E-state index >= 15 is 0 Å². The SMILES string of the molecule is CCC(=O)N1CCc2cc([N+](=O)[O-])cc([N+](=O)[O-])c21. The monoisotopic (exact) mass is 265 g/mol. The van der Waals surface area contributed by atoms with Crippen molar-refractivity contribution in [1.82, 2.24) is 0 Å². The Kier molecular flexibility index (Phi) is 3.16. The number of anilines is 1. The van der Waals surface area contributed by atoms with Crippen LogP contribution in [0.5, 0.6) is 0 Å². The van der Waals surface area contributed by atoms with Gasteiger partial charge in [0.15, 0.2) is 0 Å². The number of fused-ring (bicyclic) bond motifs is 1. The van der Waals surface area contributed by atoms with Gasteiger partial charge in [-0.15, -0.1) is 0 Å². The second-order valence-corrected chi connectivity index (χ2v) is 4.14. The maximum absolute atomic E-state index is 11.7. The van der Waals surface area contributed by atoms with Gasteiger partial charge in [-0.25, -0.2) is 0 Å². The molecule has 1 aromatic rings. The molecule has 0 saturated carbocycles. The molecule has 1 aromatic carbocycles. The molecule has 19 heavy (non-hydrogen) atoms. The van der Waals surface area contributed by atoms with Gasteiger partial charge >= 0.3 is 0 Å². The molecule has 0 bridgehead atoms. The Morgan fingerprint density at radius 1 is 1.32 bits per heavy atom. The molecular weight excluding hydrogens is 254 g/mol. The van der Waals surface area contributed by atoms with Crippen LogP contribution >= 0.6 is 0 Å². The second kappa shape index (κ2) is 4.63. The van der Waals surface area contributed by atoms with Crippen molar-refractivity contribution in [2.24, 2.45) is 0 Å². The molecule has 1 aliphatic rings. The Morgan fingerprint density at radius 2 is 2.00 bits per heavy atom. The fraction of sp³-hybridized carbons (Fsp3) is 0.364. The van der Waals surface area contributed by atoms with Crippen molar-refractivity contribution in [3.8, 4) is 0 Å². The van der Waals surface area contributed by atoms with Crippen molar-refractivity contribution >= 4 is 23.0 Å². The predicted molar refractivity (Wildman–Crippen MR) is 66.1 cm³/mol. The molecule has 1 aliphatic heterocycles. The summed E-state index contributed by atoms with van der Waals surface area (Å²) < 4.78 is 0. The minimum absolute atomic E-state index is 0.197. The number of hydrogen-bond acceptors (Lipinski definition) is 5. The summed E-state index contributed by atoms with van der Waals surface area (Å²) in [4.78, 5) is 33.5. The molecule has 0 N–H and O–H groups in total. The molecule has 8 nitrogen and oxygen atoms in total. The molecule has 0 saturated heterocycles. The van der Waals surface area contributed by atoms with Crippen LogP contribution in [0.15, 0.2) is 12.1 Å². The van der Waals surface area contributed by atoms with Crippen molar-refractivity contribution in [3.63, 3.8) is 0 Å². The van der Waals surface area contributed by atoms with Gasteiger partial charge in [-0.3, -0.25) is 25.0 Å². The van der Waals surface area contributed by atoms with Crippen molar-refractivity contribution < 1.29 is 14.6 Å². The molecule has 1 amide bonds. The van der Waals surface area contributed by atoms with Crippen LogP contribution in [0.3, 0.4) is 0 Å². The molecule has 0 spiro atoms. The van der Waals surface area contributed by atoms with E-state index in [-0.39, 0.29) is 29.4 Å².